The number of rotatable bonds is 6. The maximum atomic E-state index is 12.3. The molecule has 1 aromatic heterocycles. The second-order valence-electron chi connectivity index (χ2n) is 5.26. The molecule has 1 aromatic carbocycles. The summed E-state index contributed by atoms with van der Waals surface area (Å²) in [5, 5.41) is 5.35. The van der Waals surface area contributed by atoms with Gasteiger partial charge in [0.25, 0.3) is 0 Å². The number of nitrogens with zero attached hydrogens (tertiary/aromatic N) is 1. The van der Waals surface area contributed by atoms with Gasteiger partial charge >= 0.3 is 6.03 Å². The van der Waals surface area contributed by atoms with Gasteiger partial charge in [0.2, 0.25) is 11.8 Å². The van der Waals surface area contributed by atoms with Crippen LogP contribution in [0.25, 0.3) is 0 Å². The number of hydrogen-bond acceptors (Lipinski definition) is 4. The first-order chi connectivity index (χ1) is 11.5. The molecule has 0 unspecified atom stereocenters. The number of methoxy groups -OCH3 is 1. The lowest BCUT2D eigenvalue weighted by atomic mass is 9.98. The van der Waals surface area contributed by atoms with Crippen LogP contribution < -0.4 is 21.1 Å². The van der Waals surface area contributed by atoms with Crippen molar-refractivity contribution in [1.29, 1.82) is 0 Å². The lowest BCUT2D eigenvalue weighted by molar-refractivity contribution is -0.116. The fourth-order valence-electron chi connectivity index (χ4n) is 2.36. The standard InChI is InChI=1S/C17H20N4O3/c1-11-5-3-4-6-13(11)14(21-17(18)23)9-15(22)20-12-7-8-16(24-2)19-10-12/h3-8,10,14H,9H2,1-2H3,(H,20,22)(H3,18,21,23)/t14-/m0/s1. The first-order valence-corrected chi connectivity index (χ1v) is 7.41. The Morgan fingerprint density at radius 2 is 2.00 bits per heavy atom. The van der Waals surface area contributed by atoms with E-state index in [1.807, 2.05) is 31.2 Å². The Hall–Kier alpha value is -3.09. The van der Waals surface area contributed by atoms with Crippen LogP contribution in [0.15, 0.2) is 42.6 Å². The van der Waals surface area contributed by atoms with Gasteiger partial charge < -0.3 is 21.1 Å². The molecule has 0 spiro atoms. The van der Waals surface area contributed by atoms with Crippen molar-refractivity contribution in [3.05, 3.63) is 53.7 Å². The summed E-state index contributed by atoms with van der Waals surface area (Å²) < 4.78 is 4.97. The summed E-state index contributed by atoms with van der Waals surface area (Å²) in [4.78, 5) is 27.6. The molecule has 3 amide bonds. The number of amides is 3. The molecule has 0 aliphatic rings. The molecule has 0 bridgehead atoms. The Labute approximate surface area is 140 Å². The first-order valence-electron chi connectivity index (χ1n) is 7.41. The summed E-state index contributed by atoms with van der Waals surface area (Å²) in [7, 11) is 1.52. The molecule has 1 heterocycles. The first kappa shape index (κ1) is 17.3. The quantitative estimate of drug-likeness (QED) is 0.755. The molecule has 1 atom stereocenters. The second-order valence-corrected chi connectivity index (χ2v) is 5.26. The molecule has 126 valence electrons. The summed E-state index contributed by atoms with van der Waals surface area (Å²) in [6, 6.07) is 9.67. The van der Waals surface area contributed by atoms with Gasteiger partial charge in [0, 0.05) is 6.07 Å². The number of nitrogens with two attached hydrogens (primary N) is 1. The minimum atomic E-state index is -0.679. The Bertz CT molecular complexity index is 716. The van der Waals surface area contributed by atoms with Crippen molar-refractivity contribution >= 4 is 17.6 Å². The minimum absolute atomic E-state index is 0.0554. The van der Waals surface area contributed by atoms with Crippen molar-refractivity contribution in [3.8, 4) is 5.88 Å². The number of carbonyl (C=O) groups excluding carboxylic acids is 2. The zero-order chi connectivity index (χ0) is 17.5. The predicted molar refractivity (Wildman–Crippen MR) is 90.7 cm³/mol. The van der Waals surface area contributed by atoms with Crippen LogP contribution in [0.2, 0.25) is 0 Å². The lowest BCUT2D eigenvalue weighted by Gasteiger charge is -2.19. The van der Waals surface area contributed by atoms with Crippen LogP contribution in [0.3, 0.4) is 0 Å². The zero-order valence-electron chi connectivity index (χ0n) is 13.6. The van der Waals surface area contributed by atoms with E-state index in [1.54, 1.807) is 12.1 Å². The van der Waals surface area contributed by atoms with E-state index in [4.69, 9.17) is 10.5 Å². The smallest absolute Gasteiger partial charge is 0.312 e. The Morgan fingerprint density at radius 3 is 2.58 bits per heavy atom. The highest BCUT2D eigenvalue weighted by molar-refractivity contribution is 5.91. The van der Waals surface area contributed by atoms with E-state index in [1.165, 1.54) is 13.3 Å². The molecule has 0 aliphatic carbocycles. The van der Waals surface area contributed by atoms with Gasteiger partial charge in [-0.2, -0.15) is 0 Å². The third-order valence-electron chi connectivity index (χ3n) is 3.50. The van der Waals surface area contributed by atoms with Crippen LogP contribution in [0, 0.1) is 6.92 Å². The molecule has 0 radical (unpaired) electrons. The number of aromatic nitrogens is 1. The van der Waals surface area contributed by atoms with E-state index >= 15 is 0 Å². The topological polar surface area (TPSA) is 106 Å². The van der Waals surface area contributed by atoms with E-state index < -0.39 is 12.1 Å². The molecule has 24 heavy (non-hydrogen) atoms. The molecule has 2 aromatic rings. The van der Waals surface area contributed by atoms with Gasteiger partial charge in [-0.05, 0) is 24.1 Å². The third-order valence-corrected chi connectivity index (χ3v) is 3.50. The van der Waals surface area contributed by atoms with Crippen molar-refractivity contribution in [2.24, 2.45) is 5.73 Å². The minimum Gasteiger partial charge on any atom is -0.481 e. The van der Waals surface area contributed by atoms with Gasteiger partial charge in [-0.25, -0.2) is 9.78 Å². The van der Waals surface area contributed by atoms with Crippen LogP contribution in [0.4, 0.5) is 10.5 Å². The van der Waals surface area contributed by atoms with E-state index in [9.17, 15) is 9.59 Å². The molecule has 4 N–H and O–H groups in total. The zero-order valence-corrected chi connectivity index (χ0v) is 13.6. The largest absolute Gasteiger partial charge is 0.481 e. The average Bonchev–Trinajstić information content (AvgIpc) is 2.55. The predicted octanol–water partition coefficient (Wildman–Crippen LogP) is 2.14. The maximum absolute atomic E-state index is 12.3. The highest BCUT2D eigenvalue weighted by Gasteiger charge is 2.19. The number of pyridine rings is 1. The van der Waals surface area contributed by atoms with E-state index in [2.05, 4.69) is 15.6 Å². The van der Waals surface area contributed by atoms with E-state index in [0.29, 0.717) is 11.6 Å². The molecule has 0 saturated heterocycles. The molecular formula is C17H20N4O3. The molecular weight excluding hydrogens is 308 g/mol. The third kappa shape index (κ3) is 4.70. The molecule has 0 saturated carbocycles. The Balaban J connectivity index is 2.09. The van der Waals surface area contributed by atoms with Gasteiger partial charge in [-0.3, -0.25) is 4.79 Å². The van der Waals surface area contributed by atoms with Crippen LogP contribution in [-0.4, -0.2) is 24.0 Å². The fourth-order valence-corrected chi connectivity index (χ4v) is 2.36. The highest BCUT2D eigenvalue weighted by atomic mass is 16.5. The van der Waals surface area contributed by atoms with Gasteiger partial charge in [-0.15, -0.1) is 0 Å². The number of aryl methyl sites for hydroxylation is 1. The number of nitrogens with one attached hydrogen (secondary N) is 2. The second kappa shape index (κ2) is 7.96. The number of primary amides is 1. The summed E-state index contributed by atoms with van der Waals surface area (Å²) >= 11 is 0. The molecule has 2 rings (SSSR count). The van der Waals surface area contributed by atoms with Crippen molar-refractivity contribution in [2.75, 3.05) is 12.4 Å². The van der Waals surface area contributed by atoms with Gasteiger partial charge in [0.1, 0.15) is 0 Å². The average molecular weight is 328 g/mol. The van der Waals surface area contributed by atoms with Crippen molar-refractivity contribution in [2.45, 2.75) is 19.4 Å². The number of hydrogen-bond donors (Lipinski definition) is 3. The van der Waals surface area contributed by atoms with Crippen molar-refractivity contribution in [1.82, 2.24) is 10.3 Å². The van der Waals surface area contributed by atoms with Crippen LogP contribution in [-0.2, 0) is 4.79 Å². The van der Waals surface area contributed by atoms with E-state index in [-0.39, 0.29) is 12.3 Å². The SMILES string of the molecule is COc1ccc(NC(=O)C[C@H](NC(N)=O)c2ccccc2C)cn1. The number of carbonyl (C=O) groups is 2. The highest BCUT2D eigenvalue weighted by Crippen LogP contribution is 2.21. The van der Waals surface area contributed by atoms with Crippen LogP contribution in [0.5, 0.6) is 5.88 Å². The van der Waals surface area contributed by atoms with Crippen LogP contribution in [0.1, 0.15) is 23.6 Å². The molecule has 7 nitrogen and oxygen atoms in total. The fraction of sp³-hybridized carbons (Fsp3) is 0.235. The van der Waals surface area contributed by atoms with Gasteiger partial charge in [0.15, 0.2) is 0 Å². The number of benzene rings is 1. The number of urea groups is 1. The summed E-state index contributed by atoms with van der Waals surface area (Å²) in [5.41, 5.74) is 7.59. The normalized spacial score (nSPS) is 11.4. The van der Waals surface area contributed by atoms with Gasteiger partial charge in [0.05, 0.1) is 31.5 Å². The van der Waals surface area contributed by atoms with Gasteiger partial charge in [-0.1, -0.05) is 24.3 Å². The Kier molecular flexibility index (Phi) is 5.73. The van der Waals surface area contributed by atoms with Crippen molar-refractivity contribution in [3.63, 3.8) is 0 Å². The van der Waals surface area contributed by atoms with E-state index in [0.717, 1.165) is 11.1 Å². The molecule has 7 heteroatoms. The van der Waals surface area contributed by atoms with Crippen molar-refractivity contribution < 1.29 is 14.3 Å². The summed E-state index contributed by atoms with van der Waals surface area (Å²) in [6.45, 7) is 1.91. The summed E-state index contributed by atoms with van der Waals surface area (Å²) in [5.74, 6) is 0.199. The monoisotopic (exact) mass is 328 g/mol. The lowest BCUT2D eigenvalue weighted by Crippen LogP contribution is -2.35. The van der Waals surface area contributed by atoms with Crippen LogP contribution >= 0.6 is 0 Å². The number of ether oxygens (including phenoxy) is 1. The Morgan fingerprint density at radius 1 is 1.25 bits per heavy atom. The molecule has 0 fully saturated rings. The maximum Gasteiger partial charge on any atom is 0.312 e. The number of anilines is 1. The summed E-state index contributed by atoms with van der Waals surface area (Å²) in [6.07, 6.45) is 1.56. The molecule has 0 aliphatic heterocycles.